The number of hydrogen-bond donors (Lipinski definition) is 1. The zero-order chi connectivity index (χ0) is 15.5. The molecule has 1 N–H and O–H groups in total. The van der Waals surface area contributed by atoms with Crippen molar-refractivity contribution in [2.24, 2.45) is 0 Å². The first-order valence-corrected chi connectivity index (χ1v) is 7.31. The van der Waals surface area contributed by atoms with E-state index in [0.29, 0.717) is 23.4 Å². The third kappa shape index (κ3) is 4.33. The van der Waals surface area contributed by atoms with Crippen LogP contribution in [0.4, 0.5) is 11.5 Å². The molecule has 0 aliphatic carbocycles. The standard InChI is InChI=1S/C16H20ClN3O/c1-5-21-12-8-6-7-11(9-12)18-14-10-13(17)19-15(20-14)16(2,3)4/h6-10H,5H2,1-4H3,(H,18,19,20). The predicted molar refractivity (Wildman–Crippen MR) is 86.6 cm³/mol. The number of rotatable bonds is 4. The maximum atomic E-state index is 6.09. The Kier molecular flexibility index (Phi) is 4.68. The average Bonchev–Trinajstić information content (AvgIpc) is 2.38. The molecule has 1 aromatic carbocycles. The van der Waals surface area contributed by atoms with Crippen LogP contribution in [-0.2, 0) is 5.41 Å². The Bertz CT molecular complexity index is 623. The van der Waals surface area contributed by atoms with E-state index in [0.717, 1.165) is 11.4 Å². The summed E-state index contributed by atoms with van der Waals surface area (Å²) in [6.45, 7) is 8.76. The monoisotopic (exact) mass is 305 g/mol. The summed E-state index contributed by atoms with van der Waals surface area (Å²) in [5, 5.41) is 3.67. The van der Waals surface area contributed by atoms with Gasteiger partial charge in [-0.25, -0.2) is 9.97 Å². The van der Waals surface area contributed by atoms with Crippen LogP contribution in [-0.4, -0.2) is 16.6 Å². The molecule has 0 saturated carbocycles. The van der Waals surface area contributed by atoms with Gasteiger partial charge in [-0.05, 0) is 19.1 Å². The van der Waals surface area contributed by atoms with Crippen LogP contribution in [0, 0.1) is 0 Å². The number of ether oxygens (including phenoxy) is 1. The maximum absolute atomic E-state index is 6.09. The van der Waals surface area contributed by atoms with Crippen molar-refractivity contribution in [1.29, 1.82) is 0 Å². The zero-order valence-corrected chi connectivity index (χ0v) is 13.5. The molecule has 0 aliphatic rings. The van der Waals surface area contributed by atoms with Crippen molar-refractivity contribution in [3.8, 4) is 5.75 Å². The molecule has 2 aromatic rings. The molecule has 0 aliphatic heterocycles. The molecular weight excluding hydrogens is 286 g/mol. The fourth-order valence-electron chi connectivity index (χ4n) is 1.80. The summed E-state index contributed by atoms with van der Waals surface area (Å²) < 4.78 is 5.49. The van der Waals surface area contributed by atoms with Gasteiger partial charge in [-0.3, -0.25) is 0 Å². The van der Waals surface area contributed by atoms with E-state index in [-0.39, 0.29) is 5.41 Å². The predicted octanol–water partition coefficient (Wildman–Crippen LogP) is 4.57. The largest absolute Gasteiger partial charge is 0.494 e. The molecule has 112 valence electrons. The summed E-state index contributed by atoms with van der Waals surface area (Å²) in [7, 11) is 0. The van der Waals surface area contributed by atoms with Gasteiger partial charge in [0, 0.05) is 23.2 Å². The van der Waals surface area contributed by atoms with Gasteiger partial charge in [0.15, 0.2) is 0 Å². The first-order valence-electron chi connectivity index (χ1n) is 6.93. The zero-order valence-electron chi connectivity index (χ0n) is 12.8. The number of nitrogens with zero attached hydrogens (tertiary/aromatic N) is 2. The Hall–Kier alpha value is -1.81. The molecule has 5 heteroatoms. The second kappa shape index (κ2) is 6.31. The molecule has 0 radical (unpaired) electrons. The van der Waals surface area contributed by atoms with E-state index in [2.05, 4.69) is 36.1 Å². The van der Waals surface area contributed by atoms with Crippen LogP contribution in [0.5, 0.6) is 5.75 Å². The van der Waals surface area contributed by atoms with Crippen molar-refractivity contribution < 1.29 is 4.74 Å². The van der Waals surface area contributed by atoms with Gasteiger partial charge in [0.2, 0.25) is 0 Å². The van der Waals surface area contributed by atoms with Crippen LogP contribution >= 0.6 is 11.6 Å². The van der Waals surface area contributed by atoms with Crippen LogP contribution in [0.2, 0.25) is 5.15 Å². The third-order valence-electron chi connectivity index (χ3n) is 2.78. The number of benzene rings is 1. The van der Waals surface area contributed by atoms with Crippen molar-refractivity contribution in [2.45, 2.75) is 33.1 Å². The van der Waals surface area contributed by atoms with Gasteiger partial charge in [-0.2, -0.15) is 0 Å². The van der Waals surface area contributed by atoms with Crippen LogP contribution in [0.1, 0.15) is 33.5 Å². The molecule has 1 heterocycles. The third-order valence-corrected chi connectivity index (χ3v) is 2.98. The first kappa shape index (κ1) is 15.6. The summed E-state index contributed by atoms with van der Waals surface area (Å²) >= 11 is 6.09. The van der Waals surface area contributed by atoms with E-state index >= 15 is 0 Å². The first-order chi connectivity index (χ1) is 9.88. The Morgan fingerprint density at radius 2 is 1.95 bits per heavy atom. The topological polar surface area (TPSA) is 47.0 Å². The van der Waals surface area contributed by atoms with Gasteiger partial charge in [0.1, 0.15) is 22.5 Å². The van der Waals surface area contributed by atoms with Gasteiger partial charge in [-0.1, -0.05) is 38.4 Å². The molecule has 0 spiro atoms. The van der Waals surface area contributed by atoms with E-state index in [1.165, 1.54) is 0 Å². The van der Waals surface area contributed by atoms with Crippen molar-refractivity contribution in [1.82, 2.24) is 9.97 Å². The molecule has 0 saturated heterocycles. The highest BCUT2D eigenvalue weighted by Gasteiger charge is 2.18. The van der Waals surface area contributed by atoms with Crippen molar-refractivity contribution in [3.05, 3.63) is 41.3 Å². The van der Waals surface area contributed by atoms with Crippen LogP contribution in [0.3, 0.4) is 0 Å². The minimum atomic E-state index is -0.158. The number of anilines is 2. The fourth-order valence-corrected chi connectivity index (χ4v) is 1.98. The lowest BCUT2D eigenvalue weighted by atomic mass is 9.96. The van der Waals surface area contributed by atoms with E-state index < -0.39 is 0 Å². The molecule has 0 atom stereocenters. The van der Waals surface area contributed by atoms with E-state index in [1.54, 1.807) is 6.07 Å². The Labute approximate surface area is 130 Å². The lowest BCUT2D eigenvalue weighted by Gasteiger charge is -2.18. The van der Waals surface area contributed by atoms with Crippen molar-refractivity contribution in [2.75, 3.05) is 11.9 Å². The summed E-state index contributed by atoms with van der Waals surface area (Å²) in [5.41, 5.74) is 0.740. The molecule has 1 aromatic heterocycles. The van der Waals surface area contributed by atoms with Crippen LogP contribution in [0.15, 0.2) is 30.3 Å². The van der Waals surface area contributed by atoms with E-state index in [1.807, 2.05) is 31.2 Å². The van der Waals surface area contributed by atoms with E-state index in [4.69, 9.17) is 16.3 Å². The van der Waals surface area contributed by atoms with Gasteiger partial charge >= 0.3 is 0 Å². The second-order valence-corrected chi connectivity index (χ2v) is 6.12. The Morgan fingerprint density at radius 3 is 2.62 bits per heavy atom. The van der Waals surface area contributed by atoms with Crippen molar-refractivity contribution >= 4 is 23.1 Å². The summed E-state index contributed by atoms with van der Waals surface area (Å²) in [6.07, 6.45) is 0. The number of hydrogen-bond acceptors (Lipinski definition) is 4. The maximum Gasteiger partial charge on any atom is 0.137 e. The Balaban J connectivity index is 2.27. The van der Waals surface area contributed by atoms with Crippen LogP contribution < -0.4 is 10.1 Å². The van der Waals surface area contributed by atoms with Crippen LogP contribution in [0.25, 0.3) is 0 Å². The molecule has 0 fully saturated rings. The average molecular weight is 306 g/mol. The molecule has 4 nitrogen and oxygen atoms in total. The minimum Gasteiger partial charge on any atom is -0.494 e. The van der Waals surface area contributed by atoms with E-state index in [9.17, 15) is 0 Å². The number of nitrogens with one attached hydrogen (secondary N) is 1. The van der Waals surface area contributed by atoms with Gasteiger partial charge in [0.05, 0.1) is 6.61 Å². The Morgan fingerprint density at radius 1 is 1.19 bits per heavy atom. The summed E-state index contributed by atoms with van der Waals surface area (Å²) in [5.74, 6) is 2.20. The minimum absolute atomic E-state index is 0.158. The lowest BCUT2D eigenvalue weighted by molar-refractivity contribution is 0.340. The molecule has 0 unspecified atom stereocenters. The lowest BCUT2D eigenvalue weighted by Crippen LogP contribution is -2.16. The fraction of sp³-hybridized carbons (Fsp3) is 0.375. The summed E-state index contributed by atoms with van der Waals surface area (Å²) in [6, 6.07) is 9.44. The smallest absolute Gasteiger partial charge is 0.137 e. The molecular formula is C16H20ClN3O. The SMILES string of the molecule is CCOc1cccc(Nc2cc(Cl)nc(C(C)(C)C)n2)c1. The highest BCUT2D eigenvalue weighted by Crippen LogP contribution is 2.25. The second-order valence-electron chi connectivity index (χ2n) is 5.74. The quantitative estimate of drug-likeness (QED) is 0.841. The van der Waals surface area contributed by atoms with Crippen molar-refractivity contribution in [3.63, 3.8) is 0 Å². The van der Waals surface area contributed by atoms with Gasteiger partial charge in [0.25, 0.3) is 0 Å². The van der Waals surface area contributed by atoms with Gasteiger partial charge < -0.3 is 10.1 Å². The number of aromatic nitrogens is 2. The molecule has 21 heavy (non-hydrogen) atoms. The van der Waals surface area contributed by atoms with Gasteiger partial charge in [-0.15, -0.1) is 0 Å². The molecule has 2 rings (SSSR count). The molecule has 0 amide bonds. The summed E-state index contributed by atoms with van der Waals surface area (Å²) in [4.78, 5) is 8.81. The number of halogens is 1. The normalized spacial score (nSPS) is 11.3. The highest BCUT2D eigenvalue weighted by molar-refractivity contribution is 6.29. The highest BCUT2D eigenvalue weighted by atomic mass is 35.5. The molecule has 0 bridgehead atoms.